The van der Waals surface area contributed by atoms with E-state index in [2.05, 4.69) is 34.1 Å². The maximum atomic E-state index is 5.99. The van der Waals surface area contributed by atoms with Crippen molar-refractivity contribution in [2.24, 2.45) is 0 Å². The molecule has 110 valence electrons. The highest BCUT2D eigenvalue weighted by atomic mass is 79.9. The van der Waals surface area contributed by atoms with Crippen molar-refractivity contribution in [3.05, 3.63) is 58.7 Å². The molecule has 0 aromatic heterocycles. The molecule has 0 heterocycles. The van der Waals surface area contributed by atoms with Crippen LogP contribution in [-0.4, -0.2) is 7.11 Å². The van der Waals surface area contributed by atoms with Crippen LogP contribution < -0.4 is 9.47 Å². The second-order valence-electron chi connectivity index (χ2n) is 5.35. The first kappa shape index (κ1) is 14.5. The molecule has 21 heavy (non-hydrogen) atoms. The summed E-state index contributed by atoms with van der Waals surface area (Å²) in [7, 11) is 1.68. The molecule has 2 nitrogen and oxygen atoms in total. The number of methoxy groups -OCH3 is 1. The summed E-state index contributed by atoms with van der Waals surface area (Å²) < 4.78 is 11.2. The monoisotopic (exact) mass is 346 g/mol. The number of alkyl halides is 1. The maximum absolute atomic E-state index is 5.99. The molecule has 3 rings (SSSR count). The van der Waals surface area contributed by atoms with E-state index in [1.165, 1.54) is 36.0 Å². The quantitative estimate of drug-likeness (QED) is 0.733. The normalized spacial score (nSPS) is 13.0. The third-order valence-electron chi connectivity index (χ3n) is 3.97. The molecule has 1 aliphatic carbocycles. The summed E-state index contributed by atoms with van der Waals surface area (Å²) in [6.07, 6.45) is 3.72. The Bertz CT molecular complexity index is 637. The molecule has 0 atom stereocenters. The van der Waals surface area contributed by atoms with Crippen LogP contribution in [0.15, 0.2) is 36.4 Å². The Labute approximate surface area is 134 Å². The summed E-state index contributed by atoms with van der Waals surface area (Å²) in [6.45, 7) is 0.611. The van der Waals surface area contributed by atoms with Gasteiger partial charge in [0.05, 0.1) is 7.11 Å². The van der Waals surface area contributed by atoms with Crippen LogP contribution in [-0.2, 0) is 24.8 Å². The van der Waals surface area contributed by atoms with Gasteiger partial charge in [0.2, 0.25) is 0 Å². The van der Waals surface area contributed by atoms with Crippen LogP contribution in [0.5, 0.6) is 11.5 Å². The summed E-state index contributed by atoms with van der Waals surface area (Å²) >= 11 is 3.50. The van der Waals surface area contributed by atoms with E-state index in [0.29, 0.717) is 6.61 Å². The second-order valence-corrected chi connectivity index (χ2v) is 5.91. The average Bonchev–Trinajstić information content (AvgIpc) is 3.00. The number of ether oxygens (including phenoxy) is 2. The number of rotatable bonds is 5. The van der Waals surface area contributed by atoms with Crippen LogP contribution in [0.2, 0.25) is 0 Å². The van der Waals surface area contributed by atoms with E-state index in [9.17, 15) is 0 Å². The maximum Gasteiger partial charge on any atom is 0.124 e. The summed E-state index contributed by atoms with van der Waals surface area (Å²) in [6, 6.07) is 12.6. The molecule has 0 fully saturated rings. The third-order valence-corrected chi connectivity index (χ3v) is 4.57. The number of benzene rings is 2. The molecule has 2 aromatic rings. The lowest BCUT2D eigenvalue weighted by molar-refractivity contribution is 0.303. The minimum absolute atomic E-state index is 0.611. The molecule has 0 aliphatic heterocycles. The molecule has 3 heteroatoms. The first-order valence-corrected chi connectivity index (χ1v) is 8.38. The molecule has 2 aromatic carbocycles. The first-order chi connectivity index (χ1) is 10.3. The Morgan fingerprint density at radius 3 is 2.71 bits per heavy atom. The minimum Gasteiger partial charge on any atom is -0.497 e. The molecule has 0 spiro atoms. The van der Waals surface area contributed by atoms with Crippen LogP contribution in [0, 0.1) is 0 Å². The lowest BCUT2D eigenvalue weighted by Gasteiger charge is -2.12. The predicted octanol–water partition coefficient (Wildman–Crippen LogP) is 4.66. The highest BCUT2D eigenvalue weighted by molar-refractivity contribution is 9.08. The van der Waals surface area contributed by atoms with E-state index in [0.717, 1.165) is 22.4 Å². The van der Waals surface area contributed by atoms with Crippen molar-refractivity contribution in [1.82, 2.24) is 0 Å². The van der Waals surface area contributed by atoms with Crippen molar-refractivity contribution in [2.45, 2.75) is 31.2 Å². The van der Waals surface area contributed by atoms with Gasteiger partial charge in [-0.3, -0.25) is 0 Å². The predicted molar refractivity (Wildman–Crippen MR) is 88.4 cm³/mol. The van der Waals surface area contributed by atoms with Gasteiger partial charge in [-0.25, -0.2) is 0 Å². The highest BCUT2D eigenvalue weighted by Gasteiger charge is 2.11. The van der Waals surface area contributed by atoms with Gasteiger partial charge in [-0.15, -0.1) is 0 Å². The van der Waals surface area contributed by atoms with Crippen LogP contribution in [0.4, 0.5) is 0 Å². The largest absolute Gasteiger partial charge is 0.497 e. The van der Waals surface area contributed by atoms with Crippen molar-refractivity contribution >= 4 is 15.9 Å². The van der Waals surface area contributed by atoms with Gasteiger partial charge in [-0.1, -0.05) is 34.1 Å². The number of aryl methyl sites for hydroxylation is 2. The smallest absolute Gasteiger partial charge is 0.124 e. The Hall–Kier alpha value is -1.48. The summed E-state index contributed by atoms with van der Waals surface area (Å²) in [4.78, 5) is 0. The topological polar surface area (TPSA) is 18.5 Å². The van der Waals surface area contributed by atoms with Gasteiger partial charge in [-0.05, 0) is 54.2 Å². The molecule has 0 bridgehead atoms. The van der Waals surface area contributed by atoms with Gasteiger partial charge in [0.1, 0.15) is 18.1 Å². The molecule has 0 saturated carbocycles. The molecule has 0 N–H and O–H groups in total. The SMILES string of the molecule is COc1ccc(OCc2ccc3c(c2)CCC3)c(CBr)c1. The van der Waals surface area contributed by atoms with Crippen LogP contribution in [0.25, 0.3) is 0 Å². The number of hydrogen-bond acceptors (Lipinski definition) is 2. The first-order valence-electron chi connectivity index (χ1n) is 7.26. The average molecular weight is 347 g/mol. The van der Waals surface area contributed by atoms with Gasteiger partial charge in [0, 0.05) is 10.9 Å². The van der Waals surface area contributed by atoms with Crippen molar-refractivity contribution < 1.29 is 9.47 Å². The zero-order valence-electron chi connectivity index (χ0n) is 12.2. The lowest BCUT2D eigenvalue weighted by atomic mass is 10.1. The van der Waals surface area contributed by atoms with Gasteiger partial charge >= 0.3 is 0 Å². The van der Waals surface area contributed by atoms with E-state index >= 15 is 0 Å². The van der Waals surface area contributed by atoms with Gasteiger partial charge < -0.3 is 9.47 Å². The van der Waals surface area contributed by atoms with Crippen molar-refractivity contribution in [1.29, 1.82) is 0 Å². The second kappa shape index (κ2) is 6.52. The fourth-order valence-corrected chi connectivity index (χ4v) is 3.24. The Morgan fingerprint density at radius 2 is 1.90 bits per heavy atom. The Balaban J connectivity index is 1.72. The van der Waals surface area contributed by atoms with Crippen LogP contribution >= 0.6 is 15.9 Å². The highest BCUT2D eigenvalue weighted by Crippen LogP contribution is 2.28. The van der Waals surface area contributed by atoms with Crippen LogP contribution in [0.3, 0.4) is 0 Å². The van der Waals surface area contributed by atoms with Gasteiger partial charge in [-0.2, -0.15) is 0 Å². The molecule has 0 saturated heterocycles. The summed E-state index contributed by atoms with van der Waals surface area (Å²) in [5, 5.41) is 0.754. The Morgan fingerprint density at radius 1 is 1.05 bits per heavy atom. The number of fused-ring (bicyclic) bond motifs is 1. The molecule has 0 unspecified atom stereocenters. The minimum atomic E-state index is 0.611. The summed E-state index contributed by atoms with van der Waals surface area (Å²) in [5.41, 5.74) is 5.35. The molecular formula is C18H19BrO2. The molecular weight excluding hydrogens is 328 g/mol. The fraction of sp³-hybridized carbons (Fsp3) is 0.333. The molecule has 0 amide bonds. The van der Waals surface area contributed by atoms with E-state index < -0.39 is 0 Å². The van der Waals surface area contributed by atoms with E-state index in [1.807, 2.05) is 18.2 Å². The van der Waals surface area contributed by atoms with Crippen molar-refractivity contribution in [3.8, 4) is 11.5 Å². The van der Waals surface area contributed by atoms with Crippen molar-refractivity contribution in [2.75, 3.05) is 7.11 Å². The van der Waals surface area contributed by atoms with Crippen molar-refractivity contribution in [3.63, 3.8) is 0 Å². The molecule has 1 aliphatic rings. The van der Waals surface area contributed by atoms with Gasteiger partial charge in [0.15, 0.2) is 0 Å². The Kier molecular flexibility index (Phi) is 4.49. The lowest BCUT2D eigenvalue weighted by Crippen LogP contribution is -1.99. The van der Waals surface area contributed by atoms with Gasteiger partial charge in [0.25, 0.3) is 0 Å². The van der Waals surface area contributed by atoms with E-state index in [1.54, 1.807) is 7.11 Å². The zero-order valence-corrected chi connectivity index (χ0v) is 13.8. The standard InChI is InChI=1S/C18H19BrO2/c1-20-17-7-8-18(16(10-17)11-19)21-12-13-5-6-14-3-2-4-15(14)9-13/h5-10H,2-4,11-12H2,1H3. The van der Waals surface area contributed by atoms with Crippen LogP contribution in [0.1, 0.15) is 28.7 Å². The van der Waals surface area contributed by atoms with E-state index in [-0.39, 0.29) is 0 Å². The molecule has 0 radical (unpaired) electrons. The summed E-state index contributed by atoms with van der Waals surface area (Å²) in [5.74, 6) is 1.77. The fourth-order valence-electron chi connectivity index (χ4n) is 2.80. The zero-order chi connectivity index (χ0) is 14.7. The van der Waals surface area contributed by atoms with E-state index in [4.69, 9.17) is 9.47 Å². The number of halogens is 1. The number of hydrogen-bond donors (Lipinski definition) is 0. The third kappa shape index (κ3) is 3.24.